The van der Waals surface area contributed by atoms with Gasteiger partial charge in [0.05, 0.1) is 0 Å². The van der Waals surface area contributed by atoms with Crippen molar-refractivity contribution in [2.45, 2.75) is 25.7 Å². The van der Waals surface area contributed by atoms with E-state index in [1.54, 1.807) is 18.2 Å². The summed E-state index contributed by atoms with van der Waals surface area (Å²) in [5, 5.41) is 0. The van der Waals surface area contributed by atoms with Gasteiger partial charge in [0.2, 0.25) is 0 Å². The molecule has 1 aromatic rings. The average molecular weight is 402 g/mol. The Kier molecular flexibility index (Phi) is 9.17. The molecule has 7 heteroatoms. The molecule has 0 bridgehead atoms. The van der Waals surface area contributed by atoms with Crippen LogP contribution < -0.4 is 0 Å². The molecular weight excluding hydrogens is 373 g/mol. The first-order chi connectivity index (χ1) is 11.5. The number of piperidine rings is 2. The lowest BCUT2D eigenvalue weighted by atomic mass is 9.89. The number of aromatic nitrogens is 1. The number of hydrogen-bond donors (Lipinski definition) is 0. The third kappa shape index (κ3) is 5.49. The second-order valence-electron chi connectivity index (χ2n) is 7.29. The highest BCUT2D eigenvalue weighted by Gasteiger charge is 2.28. The second-order valence-corrected chi connectivity index (χ2v) is 7.29. The number of hydrogen-bond acceptors (Lipinski definition) is 5. The minimum atomic E-state index is 0. The topological polar surface area (TPSA) is 53.5 Å². The van der Waals surface area contributed by atoms with Crippen LogP contribution >= 0.6 is 24.8 Å². The maximum Gasteiger partial charge on any atom is 0.184 e. The summed E-state index contributed by atoms with van der Waals surface area (Å²) in [5.74, 6) is 0.284. The highest BCUT2D eigenvalue weighted by Crippen LogP contribution is 2.23. The van der Waals surface area contributed by atoms with Crippen molar-refractivity contribution in [1.82, 2.24) is 14.8 Å². The molecular formula is C19H29Cl2N3O2. The zero-order valence-corrected chi connectivity index (χ0v) is 17.2. The third-order valence-electron chi connectivity index (χ3n) is 5.43. The number of carbonyl (C=O) groups is 2. The lowest BCUT2D eigenvalue weighted by molar-refractivity contribution is 0.0845. The molecule has 0 N–H and O–H groups in total. The van der Waals surface area contributed by atoms with Crippen molar-refractivity contribution in [2.24, 2.45) is 11.8 Å². The maximum absolute atomic E-state index is 12.7. The van der Waals surface area contributed by atoms with Crippen molar-refractivity contribution < 1.29 is 9.59 Å². The summed E-state index contributed by atoms with van der Waals surface area (Å²) >= 11 is 0. The van der Waals surface area contributed by atoms with Gasteiger partial charge in [0.25, 0.3) is 0 Å². The van der Waals surface area contributed by atoms with Gasteiger partial charge in [0, 0.05) is 11.8 Å². The van der Waals surface area contributed by atoms with E-state index in [0.29, 0.717) is 11.4 Å². The van der Waals surface area contributed by atoms with Crippen molar-refractivity contribution >= 4 is 36.4 Å². The van der Waals surface area contributed by atoms with E-state index in [-0.39, 0.29) is 48.2 Å². The van der Waals surface area contributed by atoms with Gasteiger partial charge in [0.1, 0.15) is 11.4 Å². The van der Waals surface area contributed by atoms with Gasteiger partial charge in [-0.2, -0.15) is 0 Å². The maximum atomic E-state index is 12.7. The smallest absolute Gasteiger partial charge is 0.184 e. The fraction of sp³-hybridized carbons (Fsp3) is 0.632. The summed E-state index contributed by atoms with van der Waals surface area (Å²) in [6.07, 6.45) is 3.52. The van der Waals surface area contributed by atoms with E-state index < -0.39 is 0 Å². The normalized spacial score (nSPS) is 20.1. The van der Waals surface area contributed by atoms with Crippen molar-refractivity contribution in [3.8, 4) is 0 Å². The molecule has 0 aliphatic carbocycles. The number of pyridine rings is 1. The van der Waals surface area contributed by atoms with E-state index in [4.69, 9.17) is 0 Å². The highest BCUT2D eigenvalue weighted by atomic mass is 35.5. The second kappa shape index (κ2) is 10.4. The molecule has 2 fully saturated rings. The van der Waals surface area contributed by atoms with Crippen LogP contribution in [0.1, 0.15) is 46.7 Å². The van der Waals surface area contributed by atoms with Gasteiger partial charge in [-0.3, -0.25) is 9.59 Å². The number of ketones is 2. The third-order valence-corrected chi connectivity index (χ3v) is 5.43. The summed E-state index contributed by atoms with van der Waals surface area (Å²) in [5.41, 5.74) is 0.923. The molecule has 146 valence electrons. The van der Waals surface area contributed by atoms with E-state index in [1.807, 2.05) is 0 Å². The molecule has 3 rings (SSSR count). The molecule has 2 saturated heterocycles. The Morgan fingerprint density at radius 2 is 1.15 bits per heavy atom. The zero-order chi connectivity index (χ0) is 17.1. The summed E-state index contributed by atoms with van der Waals surface area (Å²) in [6.45, 7) is 3.80. The van der Waals surface area contributed by atoms with Crippen LogP contribution in [0.15, 0.2) is 18.2 Å². The van der Waals surface area contributed by atoms with Gasteiger partial charge < -0.3 is 9.80 Å². The van der Waals surface area contributed by atoms with Gasteiger partial charge in [-0.1, -0.05) is 6.07 Å². The van der Waals surface area contributed by atoms with Crippen LogP contribution in [0.5, 0.6) is 0 Å². The van der Waals surface area contributed by atoms with Crippen LogP contribution in [0, 0.1) is 11.8 Å². The first kappa shape index (κ1) is 23.0. The van der Waals surface area contributed by atoms with Crippen LogP contribution in [0.25, 0.3) is 0 Å². The Bertz CT molecular complexity index is 561. The monoisotopic (exact) mass is 401 g/mol. The molecule has 0 radical (unpaired) electrons. The number of rotatable bonds is 4. The number of halogens is 2. The largest absolute Gasteiger partial charge is 0.306 e. The van der Waals surface area contributed by atoms with E-state index >= 15 is 0 Å². The first-order valence-corrected chi connectivity index (χ1v) is 8.97. The Balaban J connectivity index is 0.00000169. The summed E-state index contributed by atoms with van der Waals surface area (Å²) in [4.78, 5) is 34.3. The SMILES string of the molecule is CN1CCC(C(=O)c2cccc(C(=O)C3CCN(C)CC3)n2)CC1.Cl.Cl. The first-order valence-electron chi connectivity index (χ1n) is 8.97. The molecule has 2 aliphatic rings. The summed E-state index contributed by atoms with van der Waals surface area (Å²) in [7, 11) is 4.17. The van der Waals surface area contributed by atoms with Crippen molar-refractivity contribution in [2.75, 3.05) is 40.3 Å². The number of likely N-dealkylation sites (tertiary alicyclic amines) is 2. The van der Waals surface area contributed by atoms with E-state index in [9.17, 15) is 9.59 Å². The van der Waals surface area contributed by atoms with Gasteiger partial charge in [-0.05, 0) is 78.1 Å². The predicted octanol–water partition coefficient (Wildman–Crippen LogP) is 2.97. The Labute approximate surface area is 168 Å². The van der Waals surface area contributed by atoms with Crippen LogP contribution in [-0.4, -0.2) is 66.6 Å². The molecule has 1 aromatic heterocycles. The molecule has 0 atom stereocenters. The highest BCUT2D eigenvalue weighted by molar-refractivity contribution is 6.00. The molecule has 3 heterocycles. The minimum Gasteiger partial charge on any atom is -0.306 e. The lowest BCUT2D eigenvalue weighted by Crippen LogP contribution is -2.34. The molecule has 0 spiro atoms. The Morgan fingerprint density at radius 3 is 1.50 bits per heavy atom. The number of nitrogens with zero attached hydrogens (tertiary/aromatic N) is 3. The molecule has 0 unspecified atom stereocenters. The average Bonchev–Trinajstić information content (AvgIpc) is 2.62. The van der Waals surface area contributed by atoms with Gasteiger partial charge in [0.15, 0.2) is 11.6 Å². The predicted molar refractivity (Wildman–Crippen MR) is 108 cm³/mol. The van der Waals surface area contributed by atoms with E-state index in [2.05, 4.69) is 28.9 Å². The molecule has 2 aliphatic heterocycles. The molecule has 0 amide bonds. The quantitative estimate of drug-likeness (QED) is 0.725. The Hall–Kier alpha value is -1.01. The summed E-state index contributed by atoms with van der Waals surface area (Å²) in [6, 6.07) is 5.32. The van der Waals surface area contributed by atoms with Crippen LogP contribution in [-0.2, 0) is 0 Å². The standard InChI is InChI=1S/C19H27N3O2.2ClH/c1-21-10-6-14(7-11-21)18(23)16-4-3-5-17(20-16)19(24)15-8-12-22(2)13-9-15;;/h3-5,14-15H,6-13H2,1-2H3;2*1H. The molecule has 0 saturated carbocycles. The van der Waals surface area contributed by atoms with Gasteiger partial charge in [-0.25, -0.2) is 4.98 Å². The van der Waals surface area contributed by atoms with E-state index in [0.717, 1.165) is 51.9 Å². The van der Waals surface area contributed by atoms with Crippen molar-refractivity contribution in [1.29, 1.82) is 0 Å². The fourth-order valence-corrected chi connectivity index (χ4v) is 3.67. The van der Waals surface area contributed by atoms with Crippen LogP contribution in [0.4, 0.5) is 0 Å². The van der Waals surface area contributed by atoms with Gasteiger partial charge in [-0.15, -0.1) is 24.8 Å². The molecule has 5 nitrogen and oxygen atoms in total. The minimum absolute atomic E-state index is 0. The zero-order valence-electron chi connectivity index (χ0n) is 15.5. The molecule has 0 aromatic carbocycles. The lowest BCUT2D eigenvalue weighted by Gasteiger charge is -2.28. The fourth-order valence-electron chi connectivity index (χ4n) is 3.67. The van der Waals surface area contributed by atoms with E-state index in [1.165, 1.54) is 0 Å². The Morgan fingerprint density at radius 1 is 0.808 bits per heavy atom. The van der Waals surface area contributed by atoms with Gasteiger partial charge >= 0.3 is 0 Å². The van der Waals surface area contributed by atoms with Crippen LogP contribution in [0.3, 0.4) is 0 Å². The summed E-state index contributed by atoms with van der Waals surface area (Å²) < 4.78 is 0. The van der Waals surface area contributed by atoms with Crippen molar-refractivity contribution in [3.63, 3.8) is 0 Å². The van der Waals surface area contributed by atoms with Crippen LogP contribution in [0.2, 0.25) is 0 Å². The van der Waals surface area contributed by atoms with Crippen molar-refractivity contribution in [3.05, 3.63) is 29.6 Å². The molecule has 26 heavy (non-hydrogen) atoms. The number of carbonyl (C=O) groups excluding carboxylic acids is 2. The number of Topliss-reactive ketones (excluding diaryl/α,β-unsaturated/α-hetero) is 2.